The van der Waals surface area contributed by atoms with Gasteiger partial charge in [-0.15, -0.1) is 0 Å². The number of hydroxylamine groups is 2. The first kappa shape index (κ1) is 14.0. The van der Waals surface area contributed by atoms with E-state index in [1.807, 2.05) is 0 Å². The summed E-state index contributed by atoms with van der Waals surface area (Å²) in [5.74, 6) is -0.450. The van der Waals surface area contributed by atoms with Crippen molar-refractivity contribution in [2.24, 2.45) is 0 Å². The minimum absolute atomic E-state index is 0.0745. The summed E-state index contributed by atoms with van der Waals surface area (Å²) < 4.78 is 22.9. The SMILES string of the molecule is CON(C)C(=O)c1ccc(Cl)c(S(C)(=O)=O)c1. The highest BCUT2D eigenvalue weighted by Gasteiger charge is 2.17. The molecule has 94 valence electrons. The van der Waals surface area contributed by atoms with E-state index >= 15 is 0 Å². The van der Waals surface area contributed by atoms with Crippen LogP contribution in [0.1, 0.15) is 10.4 Å². The summed E-state index contributed by atoms with van der Waals surface area (Å²) in [7, 11) is -0.699. The lowest BCUT2D eigenvalue weighted by Gasteiger charge is -2.14. The Bertz CT molecular complexity index is 541. The quantitative estimate of drug-likeness (QED) is 0.783. The molecule has 0 atom stereocenters. The van der Waals surface area contributed by atoms with Crippen LogP contribution in [0, 0.1) is 0 Å². The Labute approximate surface area is 105 Å². The van der Waals surface area contributed by atoms with Crippen LogP contribution in [0.25, 0.3) is 0 Å². The average molecular weight is 278 g/mol. The van der Waals surface area contributed by atoms with Crippen molar-refractivity contribution in [2.45, 2.75) is 4.90 Å². The Kier molecular flexibility index (Phi) is 4.13. The zero-order valence-electron chi connectivity index (χ0n) is 9.60. The van der Waals surface area contributed by atoms with Crippen molar-refractivity contribution in [2.75, 3.05) is 20.4 Å². The van der Waals surface area contributed by atoms with Gasteiger partial charge >= 0.3 is 0 Å². The van der Waals surface area contributed by atoms with E-state index in [1.165, 1.54) is 32.4 Å². The Morgan fingerprint density at radius 1 is 1.41 bits per heavy atom. The lowest BCUT2D eigenvalue weighted by atomic mass is 10.2. The first-order valence-corrected chi connectivity index (χ1v) is 6.86. The molecule has 0 aliphatic heterocycles. The molecule has 0 bridgehead atoms. The summed E-state index contributed by atoms with van der Waals surface area (Å²) >= 11 is 5.76. The Balaban J connectivity index is 3.27. The Morgan fingerprint density at radius 3 is 2.47 bits per heavy atom. The number of nitrogens with zero attached hydrogens (tertiary/aromatic N) is 1. The van der Waals surface area contributed by atoms with Gasteiger partial charge in [0.2, 0.25) is 0 Å². The fraction of sp³-hybridized carbons (Fsp3) is 0.300. The molecule has 1 rings (SSSR count). The van der Waals surface area contributed by atoms with Crippen molar-refractivity contribution in [3.63, 3.8) is 0 Å². The van der Waals surface area contributed by atoms with Crippen LogP contribution in [0.2, 0.25) is 5.02 Å². The third-order valence-electron chi connectivity index (χ3n) is 2.14. The molecule has 0 heterocycles. The molecule has 0 saturated carbocycles. The third kappa shape index (κ3) is 3.18. The van der Waals surface area contributed by atoms with Gasteiger partial charge in [-0.25, -0.2) is 13.5 Å². The normalized spacial score (nSPS) is 11.3. The number of hydrogen-bond donors (Lipinski definition) is 0. The van der Waals surface area contributed by atoms with Crippen molar-refractivity contribution in [3.8, 4) is 0 Å². The second kappa shape index (κ2) is 5.03. The molecular weight excluding hydrogens is 266 g/mol. The van der Waals surface area contributed by atoms with Crippen molar-refractivity contribution in [3.05, 3.63) is 28.8 Å². The molecule has 1 amide bonds. The molecule has 0 fully saturated rings. The Morgan fingerprint density at radius 2 is 2.00 bits per heavy atom. The number of hydrogen-bond acceptors (Lipinski definition) is 4. The van der Waals surface area contributed by atoms with Crippen molar-refractivity contribution in [1.82, 2.24) is 5.06 Å². The third-order valence-corrected chi connectivity index (χ3v) is 3.72. The maximum absolute atomic E-state index is 11.7. The van der Waals surface area contributed by atoms with Gasteiger partial charge in [0.05, 0.1) is 17.0 Å². The molecule has 0 spiro atoms. The highest BCUT2D eigenvalue weighted by atomic mass is 35.5. The van der Waals surface area contributed by atoms with Gasteiger partial charge in [0.1, 0.15) is 0 Å². The number of carbonyl (C=O) groups excluding carboxylic acids is 1. The molecule has 1 aromatic carbocycles. The van der Waals surface area contributed by atoms with Crippen molar-refractivity contribution >= 4 is 27.3 Å². The molecule has 7 heteroatoms. The predicted molar refractivity (Wildman–Crippen MR) is 63.7 cm³/mol. The van der Waals surface area contributed by atoms with E-state index in [2.05, 4.69) is 0 Å². The van der Waals surface area contributed by atoms with Gasteiger partial charge in [0.25, 0.3) is 5.91 Å². The summed E-state index contributed by atoms with van der Waals surface area (Å²) in [4.78, 5) is 16.4. The second-order valence-electron chi connectivity index (χ2n) is 3.40. The van der Waals surface area contributed by atoms with Gasteiger partial charge < -0.3 is 0 Å². The van der Waals surface area contributed by atoms with E-state index in [0.717, 1.165) is 11.3 Å². The average Bonchev–Trinajstić information content (AvgIpc) is 2.26. The minimum Gasteiger partial charge on any atom is -0.274 e. The van der Waals surface area contributed by atoms with E-state index in [0.29, 0.717) is 0 Å². The summed E-state index contributed by atoms with van der Waals surface area (Å²) in [6.07, 6.45) is 1.03. The predicted octanol–water partition coefficient (Wildman–Crippen LogP) is 1.38. The highest BCUT2D eigenvalue weighted by molar-refractivity contribution is 7.90. The monoisotopic (exact) mass is 277 g/mol. The molecule has 5 nitrogen and oxygen atoms in total. The summed E-state index contributed by atoms with van der Waals surface area (Å²) in [6, 6.07) is 4.04. The molecule has 0 aliphatic carbocycles. The summed E-state index contributed by atoms with van der Waals surface area (Å²) in [5, 5.41) is 1.08. The lowest BCUT2D eigenvalue weighted by molar-refractivity contribution is -0.0757. The van der Waals surface area contributed by atoms with Gasteiger partial charge in [-0.3, -0.25) is 9.63 Å². The molecule has 0 saturated heterocycles. The Hall–Kier alpha value is -1.11. The van der Waals surface area contributed by atoms with E-state index in [4.69, 9.17) is 16.4 Å². The van der Waals surface area contributed by atoms with E-state index in [-0.39, 0.29) is 15.5 Å². The minimum atomic E-state index is -3.47. The number of rotatable bonds is 3. The van der Waals surface area contributed by atoms with Crippen LogP contribution in [0.15, 0.2) is 23.1 Å². The molecule has 0 aromatic heterocycles. The zero-order chi connectivity index (χ0) is 13.2. The van der Waals surface area contributed by atoms with Crippen LogP contribution in [-0.2, 0) is 14.7 Å². The topological polar surface area (TPSA) is 63.7 Å². The molecule has 1 aromatic rings. The number of benzene rings is 1. The maximum atomic E-state index is 11.7. The summed E-state index contributed by atoms with van der Waals surface area (Å²) in [5.41, 5.74) is 0.194. The van der Waals surface area contributed by atoms with Gasteiger partial charge in [-0.2, -0.15) is 0 Å². The molecule has 17 heavy (non-hydrogen) atoms. The largest absolute Gasteiger partial charge is 0.277 e. The second-order valence-corrected chi connectivity index (χ2v) is 5.79. The van der Waals surface area contributed by atoms with E-state index in [9.17, 15) is 13.2 Å². The highest BCUT2D eigenvalue weighted by Crippen LogP contribution is 2.23. The van der Waals surface area contributed by atoms with E-state index in [1.54, 1.807) is 0 Å². The van der Waals surface area contributed by atoms with Crippen LogP contribution < -0.4 is 0 Å². The molecular formula is C10H12ClNO4S. The number of halogens is 1. The van der Waals surface area contributed by atoms with Crippen LogP contribution in [-0.4, -0.2) is 39.8 Å². The molecule has 0 aliphatic rings. The number of carbonyl (C=O) groups is 1. The van der Waals surface area contributed by atoms with Crippen LogP contribution in [0.5, 0.6) is 0 Å². The fourth-order valence-electron chi connectivity index (χ4n) is 1.19. The molecule has 0 N–H and O–H groups in total. The summed E-state index contributed by atoms with van der Waals surface area (Å²) in [6.45, 7) is 0. The molecule has 0 radical (unpaired) electrons. The standard InChI is InChI=1S/C10H12ClNO4S/c1-12(16-2)10(13)7-4-5-8(11)9(6-7)17(3,14)15/h4-6H,1-3H3. The maximum Gasteiger partial charge on any atom is 0.277 e. The smallest absolute Gasteiger partial charge is 0.274 e. The van der Waals surface area contributed by atoms with Gasteiger partial charge in [0.15, 0.2) is 9.84 Å². The first-order chi connectivity index (χ1) is 7.77. The van der Waals surface area contributed by atoms with Crippen LogP contribution >= 0.6 is 11.6 Å². The van der Waals surface area contributed by atoms with Gasteiger partial charge in [-0.1, -0.05) is 11.6 Å². The first-order valence-electron chi connectivity index (χ1n) is 4.59. The fourth-order valence-corrected chi connectivity index (χ4v) is 2.49. The molecule has 0 unspecified atom stereocenters. The number of amides is 1. The van der Waals surface area contributed by atoms with Crippen LogP contribution in [0.3, 0.4) is 0 Å². The van der Waals surface area contributed by atoms with Crippen molar-refractivity contribution < 1.29 is 18.0 Å². The van der Waals surface area contributed by atoms with Gasteiger partial charge in [-0.05, 0) is 18.2 Å². The van der Waals surface area contributed by atoms with E-state index < -0.39 is 15.7 Å². The van der Waals surface area contributed by atoms with Gasteiger partial charge in [0, 0.05) is 18.9 Å². The zero-order valence-corrected chi connectivity index (χ0v) is 11.2. The van der Waals surface area contributed by atoms with Crippen LogP contribution in [0.4, 0.5) is 0 Å². The lowest BCUT2D eigenvalue weighted by Crippen LogP contribution is -2.25. The van der Waals surface area contributed by atoms with Crippen molar-refractivity contribution in [1.29, 1.82) is 0 Å². The number of sulfone groups is 1.